The molecule has 0 aliphatic carbocycles. The van der Waals surface area contributed by atoms with Gasteiger partial charge in [-0.2, -0.15) is 18.3 Å². The smallest absolute Gasteiger partial charge is 0.332 e. The molecule has 3 rings (SSSR count). The van der Waals surface area contributed by atoms with Crippen LogP contribution in [-0.2, 0) is 12.7 Å². The van der Waals surface area contributed by atoms with E-state index >= 15 is 0 Å². The van der Waals surface area contributed by atoms with Gasteiger partial charge in [-0.25, -0.2) is 0 Å². The fourth-order valence-corrected chi connectivity index (χ4v) is 2.58. The van der Waals surface area contributed by atoms with Gasteiger partial charge in [-0.15, -0.1) is 0 Å². The number of benzene rings is 2. The van der Waals surface area contributed by atoms with Gasteiger partial charge < -0.3 is 10.6 Å². The number of anilines is 2. The Kier molecular flexibility index (Phi) is 5.22. The number of hydrogen-bond acceptors (Lipinski definition) is 2. The van der Waals surface area contributed by atoms with Gasteiger partial charge in [-0.3, -0.25) is 4.68 Å². The lowest BCUT2D eigenvalue weighted by molar-refractivity contribution is -0.137. The van der Waals surface area contributed by atoms with Crippen LogP contribution in [0.4, 0.5) is 24.5 Å². The molecule has 0 amide bonds. The lowest BCUT2D eigenvalue weighted by Crippen LogP contribution is -2.19. The summed E-state index contributed by atoms with van der Waals surface area (Å²) in [6, 6.07) is 14.3. The third-order valence-corrected chi connectivity index (χ3v) is 3.77. The van der Waals surface area contributed by atoms with E-state index in [0.717, 1.165) is 23.4 Å². The molecule has 8 heteroatoms. The highest BCUT2D eigenvalue weighted by atomic mass is 32.1. The Morgan fingerprint density at radius 2 is 1.73 bits per heavy atom. The number of rotatable bonds is 4. The second-order valence-corrected chi connectivity index (χ2v) is 5.97. The molecule has 4 nitrogen and oxygen atoms in total. The van der Waals surface area contributed by atoms with Crippen molar-refractivity contribution in [3.8, 4) is 0 Å². The van der Waals surface area contributed by atoms with E-state index in [1.54, 1.807) is 6.20 Å². The molecular weight excluding hydrogens is 361 g/mol. The van der Waals surface area contributed by atoms with Crippen LogP contribution >= 0.6 is 12.2 Å². The predicted molar refractivity (Wildman–Crippen MR) is 99.1 cm³/mol. The molecule has 2 aromatic carbocycles. The molecule has 1 heterocycles. The van der Waals surface area contributed by atoms with Crippen LogP contribution in [0.15, 0.2) is 67.0 Å². The van der Waals surface area contributed by atoms with E-state index in [-0.39, 0.29) is 10.8 Å². The Hall–Kier alpha value is -2.87. The molecule has 0 bridgehead atoms. The summed E-state index contributed by atoms with van der Waals surface area (Å²) in [5, 5.41) is 10.1. The van der Waals surface area contributed by atoms with Crippen LogP contribution in [0.2, 0.25) is 0 Å². The van der Waals surface area contributed by atoms with Crippen LogP contribution in [0, 0.1) is 0 Å². The van der Waals surface area contributed by atoms with E-state index in [4.69, 9.17) is 12.2 Å². The number of aromatic nitrogens is 2. The topological polar surface area (TPSA) is 41.9 Å². The van der Waals surface area contributed by atoms with Crippen molar-refractivity contribution in [1.29, 1.82) is 0 Å². The van der Waals surface area contributed by atoms with Gasteiger partial charge in [0.2, 0.25) is 0 Å². The summed E-state index contributed by atoms with van der Waals surface area (Å²) >= 11 is 5.16. The Bertz CT molecular complexity index is 874. The zero-order valence-corrected chi connectivity index (χ0v) is 14.3. The highest BCUT2D eigenvalue weighted by Gasteiger charge is 2.30. The molecule has 0 fully saturated rings. The van der Waals surface area contributed by atoms with E-state index in [1.165, 1.54) is 12.1 Å². The lowest BCUT2D eigenvalue weighted by Gasteiger charge is -2.13. The van der Waals surface area contributed by atoms with Crippen LogP contribution in [0.3, 0.4) is 0 Å². The summed E-state index contributed by atoms with van der Waals surface area (Å²) in [6.07, 6.45) is -0.800. The molecule has 3 aromatic rings. The van der Waals surface area contributed by atoms with Crippen molar-refractivity contribution in [3.05, 3.63) is 78.1 Å². The number of halogens is 3. The van der Waals surface area contributed by atoms with Gasteiger partial charge in [-0.05, 0) is 54.2 Å². The lowest BCUT2D eigenvalue weighted by atomic mass is 10.2. The third kappa shape index (κ3) is 4.82. The number of thiocarbonyl (C=S) groups is 1. The minimum absolute atomic E-state index is 0.212. The zero-order chi connectivity index (χ0) is 18.6. The van der Waals surface area contributed by atoms with E-state index < -0.39 is 11.7 Å². The van der Waals surface area contributed by atoms with E-state index in [2.05, 4.69) is 15.7 Å². The largest absolute Gasteiger partial charge is 0.416 e. The maximum absolute atomic E-state index is 12.7. The predicted octanol–water partition coefficient (Wildman–Crippen LogP) is 4.76. The van der Waals surface area contributed by atoms with Crippen molar-refractivity contribution in [3.63, 3.8) is 0 Å². The summed E-state index contributed by atoms with van der Waals surface area (Å²) in [5.41, 5.74) is 1.34. The van der Waals surface area contributed by atoms with E-state index in [0.29, 0.717) is 6.54 Å². The molecule has 0 radical (unpaired) electrons. The number of hydrogen-bond donors (Lipinski definition) is 2. The fraction of sp³-hybridized carbons (Fsp3) is 0.111. The van der Waals surface area contributed by atoms with Gasteiger partial charge in [-0.1, -0.05) is 18.2 Å². The monoisotopic (exact) mass is 376 g/mol. The molecular formula is C18H15F3N4S. The van der Waals surface area contributed by atoms with Crippen LogP contribution < -0.4 is 10.6 Å². The van der Waals surface area contributed by atoms with Crippen LogP contribution in [0.1, 0.15) is 11.1 Å². The molecule has 0 unspecified atom stereocenters. The average Bonchev–Trinajstić information content (AvgIpc) is 3.09. The molecule has 0 aliphatic rings. The van der Waals surface area contributed by atoms with Crippen LogP contribution in [-0.4, -0.2) is 14.9 Å². The number of nitrogens with zero attached hydrogens (tertiary/aromatic N) is 2. The van der Waals surface area contributed by atoms with Gasteiger partial charge in [0.1, 0.15) is 0 Å². The first kappa shape index (κ1) is 17.9. The highest BCUT2D eigenvalue weighted by Crippen LogP contribution is 2.30. The van der Waals surface area contributed by atoms with Crippen molar-refractivity contribution in [1.82, 2.24) is 9.78 Å². The first-order valence-corrected chi connectivity index (χ1v) is 8.12. The van der Waals surface area contributed by atoms with Gasteiger partial charge >= 0.3 is 6.18 Å². The number of alkyl halides is 3. The normalized spacial score (nSPS) is 11.2. The third-order valence-electron chi connectivity index (χ3n) is 3.56. The second kappa shape index (κ2) is 7.57. The molecule has 26 heavy (non-hydrogen) atoms. The van der Waals surface area contributed by atoms with Crippen LogP contribution in [0.5, 0.6) is 0 Å². The van der Waals surface area contributed by atoms with Crippen molar-refractivity contribution in [2.75, 3.05) is 10.6 Å². The SMILES string of the molecule is FC(F)(F)c1cccc(NC(=S)Nc2ccc(Cn3cccn3)cc2)c1. The number of nitrogens with one attached hydrogen (secondary N) is 2. The first-order chi connectivity index (χ1) is 12.4. The molecule has 134 valence electrons. The van der Waals surface area contributed by atoms with Gasteiger partial charge in [0.25, 0.3) is 0 Å². The molecule has 0 saturated carbocycles. The quantitative estimate of drug-likeness (QED) is 0.645. The maximum atomic E-state index is 12.7. The zero-order valence-electron chi connectivity index (χ0n) is 13.5. The molecule has 1 aromatic heterocycles. The van der Waals surface area contributed by atoms with E-state index in [9.17, 15) is 13.2 Å². The molecule has 0 saturated heterocycles. The fourth-order valence-electron chi connectivity index (χ4n) is 2.34. The van der Waals surface area contributed by atoms with Gasteiger partial charge in [0.05, 0.1) is 12.1 Å². The minimum atomic E-state index is -4.39. The van der Waals surface area contributed by atoms with Crippen molar-refractivity contribution in [2.24, 2.45) is 0 Å². The minimum Gasteiger partial charge on any atom is -0.332 e. The summed E-state index contributed by atoms with van der Waals surface area (Å²) in [6.45, 7) is 0.653. The summed E-state index contributed by atoms with van der Waals surface area (Å²) < 4.78 is 40.0. The molecule has 0 atom stereocenters. The van der Waals surface area contributed by atoms with Gasteiger partial charge in [0.15, 0.2) is 5.11 Å². The molecule has 0 spiro atoms. The maximum Gasteiger partial charge on any atom is 0.416 e. The van der Waals surface area contributed by atoms with Crippen molar-refractivity contribution >= 4 is 28.7 Å². The standard InChI is InChI=1S/C18H15F3N4S/c19-18(20,21)14-3-1-4-16(11-14)24-17(26)23-15-7-5-13(6-8-15)12-25-10-2-9-22-25/h1-11H,12H2,(H2,23,24,26). The van der Waals surface area contributed by atoms with Crippen molar-refractivity contribution in [2.45, 2.75) is 12.7 Å². The van der Waals surface area contributed by atoms with E-state index in [1.807, 2.05) is 41.2 Å². The Morgan fingerprint density at radius 3 is 2.38 bits per heavy atom. The van der Waals surface area contributed by atoms with Crippen LogP contribution in [0.25, 0.3) is 0 Å². The summed E-state index contributed by atoms with van der Waals surface area (Å²) in [7, 11) is 0. The molecule has 2 N–H and O–H groups in total. The Balaban J connectivity index is 1.60. The highest BCUT2D eigenvalue weighted by molar-refractivity contribution is 7.80. The first-order valence-electron chi connectivity index (χ1n) is 7.72. The average molecular weight is 376 g/mol. The summed E-state index contributed by atoms with van der Waals surface area (Å²) in [4.78, 5) is 0. The Labute approximate surface area is 153 Å². The Morgan fingerprint density at radius 1 is 1.00 bits per heavy atom. The molecule has 0 aliphatic heterocycles. The van der Waals surface area contributed by atoms with Crippen molar-refractivity contribution < 1.29 is 13.2 Å². The summed E-state index contributed by atoms with van der Waals surface area (Å²) in [5.74, 6) is 0. The second-order valence-electron chi connectivity index (χ2n) is 5.56. The van der Waals surface area contributed by atoms with Gasteiger partial charge in [0, 0.05) is 23.8 Å².